The molecule has 0 bridgehead atoms. The van der Waals surface area contributed by atoms with E-state index in [-0.39, 0.29) is 0 Å². The fourth-order valence-electron chi connectivity index (χ4n) is 1.41. The SMILES string of the molecule is COc1nnc(C2CCC2)cc1Br. The van der Waals surface area contributed by atoms with Gasteiger partial charge in [0.1, 0.15) is 0 Å². The summed E-state index contributed by atoms with van der Waals surface area (Å²) in [4.78, 5) is 0. The number of nitrogens with zero attached hydrogens (tertiary/aromatic N) is 2. The second kappa shape index (κ2) is 3.62. The second-order valence-corrected chi connectivity index (χ2v) is 4.11. The molecule has 1 aliphatic rings. The standard InChI is InChI=1S/C9H11BrN2O/c1-13-9-7(10)5-8(11-12-9)6-3-2-4-6/h5-6H,2-4H2,1H3. The topological polar surface area (TPSA) is 35.0 Å². The van der Waals surface area contributed by atoms with Crippen LogP contribution in [0.2, 0.25) is 0 Å². The highest BCUT2D eigenvalue weighted by Crippen LogP contribution is 2.36. The van der Waals surface area contributed by atoms with Gasteiger partial charge in [0.2, 0.25) is 5.88 Å². The molecular weight excluding hydrogens is 232 g/mol. The summed E-state index contributed by atoms with van der Waals surface area (Å²) < 4.78 is 5.91. The van der Waals surface area contributed by atoms with Crippen molar-refractivity contribution in [2.45, 2.75) is 25.2 Å². The minimum atomic E-state index is 0.558. The zero-order valence-electron chi connectivity index (χ0n) is 7.46. The molecule has 1 aromatic rings. The van der Waals surface area contributed by atoms with Gasteiger partial charge < -0.3 is 4.74 Å². The molecule has 2 rings (SSSR count). The summed E-state index contributed by atoms with van der Waals surface area (Å²) in [5.41, 5.74) is 1.08. The number of aromatic nitrogens is 2. The number of hydrogen-bond donors (Lipinski definition) is 0. The van der Waals surface area contributed by atoms with Crippen LogP contribution in [0, 0.1) is 0 Å². The Bertz CT molecular complexity index is 312. The van der Waals surface area contributed by atoms with Crippen molar-refractivity contribution in [3.05, 3.63) is 16.2 Å². The van der Waals surface area contributed by atoms with E-state index < -0.39 is 0 Å². The minimum absolute atomic E-state index is 0.558. The van der Waals surface area contributed by atoms with E-state index in [0.717, 1.165) is 10.2 Å². The molecule has 13 heavy (non-hydrogen) atoms. The predicted molar refractivity (Wildman–Crippen MR) is 52.9 cm³/mol. The first-order chi connectivity index (χ1) is 6.31. The van der Waals surface area contributed by atoms with Crippen molar-refractivity contribution < 1.29 is 4.74 Å². The summed E-state index contributed by atoms with van der Waals surface area (Å²) in [7, 11) is 1.60. The van der Waals surface area contributed by atoms with Crippen LogP contribution in [0.3, 0.4) is 0 Å². The first kappa shape index (κ1) is 8.94. The lowest BCUT2D eigenvalue weighted by Gasteiger charge is -2.24. The van der Waals surface area contributed by atoms with Crippen LogP contribution in [0.1, 0.15) is 30.9 Å². The summed E-state index contributed by atoms with van der Waals surface area (Å²) in [6.45, 7) is 0. The van der Waals surface area contributed by atoms with E-state index in [1.807, 2.05) is 6.07 Å². The highest BCUT2D eigenvalue weighted by molar-refractivity contribution is 9.10. The summed E-state index contributed by atoms with van der Waals surface area (Å²) in [5.74, 6) is 1.18. The van der Waals surface area contributed by atoms with Crippen LogP contribution in [0.5, 0.6) is 5.88 Å². The van der Waals surface area contributed by atoms with Crippen molar-refractivity contribution in [1.29, 1.82) is 0 Å². The summed E-state index contributed by atoms with van der Waals surface area (Å²) in [6.07, 6.45) is 3.80. The first-order valence-corrected chi connectivity index (χ1v) is 5.17. The van der Waals surface area contributed by atoms with Crippen molar-refractivity contribution in [2.75, 3.05) is 7.11 Å². The molecule has 0 N–H and O–H groups in total. The molecular formula is C9H11BrN2O. The second-order valence-electron chi connectivity index (χ2n) is 3.25. The number of hydrogen-bond acceptors (Lipinski definition) is 3. The Balaban J connectivity index is 2.24. The molecule has 1 aliphatic carbocycles. The number of rotatable bonds is 2. The van der Waals surface area contributed by atoms with Crippen LogP contribution in [0.25, 0.3) is 0 Å². The van der Waals surface area contributed by atoms with Crippen molar-refractivity contribution in [3.63, 3.8) is 0 Å². The Morgan fingerprint density at radius 2 is 2.23 bits per heavy atom. The largest absolute Gasteiger partial charge is 0.479 e. The van der Waals surface area contributed by atoms with Gasteiger partial charge in [-0.15, -0.1) is 5.10 Å². The molecule has 1 aromatic heterocycles. The lowest BCUT2D eigenvalue weighted by Crippen LogP contribution is -2.11. The Labute approximate surface area is 85.6 Å². The summed E-state index contributed by atoms with van der Waals surface area (Å²) in [6, 6.07) is 2.01. The molecule has 1 fully saturated rings. The van der Waals surface area contributed by atoms with Gasteiger partial charge in [-0.2, -0.15) is 5.10 Å². The molecule has 0 spiro atoms. The van der Waals surface area contributed by atoms with Crippen molar-refractivity contribution in [3.8, 4) is 5.88 Å². The number of methoxy groups -OCH3 is 1. The van der Waals surface area contributed by atoms with E-state index >= 15 is 0 Å². The zero-order valence-corrected chi connectivity index (χ0v) is 9.04. The molecule has 0 radical (unpaired) electrons. The lowest BCUT2D eigenvalue weighted by atomic mass is 9.83. The normalized spacial score (nSPS) is 16.8. The molecule has 0 unspecified atom stereocenters. The van der Waals surface area contributed by atoms with Gasteiger partial charge in [-0.1, -0.05) is 6.42 Å². The van der Waals surface area contributed by atoms with Crippen molar-refractivity contribution in [1.82, 2.24) is 10.2 Å². The molecule has 0 aromatic carbocycles. The van der Waals surface area contributed by atoms with Crippen LogP contribution in [0.15, 0.2) is 10.5 Å². The van der Waals surface area contributed by atoms with Crippen LogP contribution >= 0.6 is 15.9 Å². The van der Waals surface area contributed by atoms with Gasteiger partial charge in [-0.3, -0.25) is 0 Å². The maximum Gasteiger partial charge on any atom is 0.247 e. The number of halogens is 1. The Hall–Kier alpha value is -0.640. The van der Waals surface area contributed by atoms with Gasteiger partial charge in [0.05, 0.1) is 17.3 Å². The van der Waals surface area contributed by atoms with E-state index in [1.54, 1.807) is 7.11 Å². The molecule has 0 amide bonds. The van der Waals surface area contributed by atoms with Crippen molar-refractivity contribution in [2.24, 2.45) is 0 Å². The monoisotopic (exact) mass is 242 g/mol. The Morgan fingerprint density at radius 1 is 1.46 bits per heavy atom. The zero-order chi connectivity index (χ0) is 9.26. The van der Waals surface area contributed by atoms with Gasteiger partial charge in [-0.05, 0) is 34.8 Å². The third kappa shape index (κ3) is 1.68. The fourth-order valence-corrected chi connectivity index (χ4v) is 1.89. The van der Waals surface area contributed by atoms with E-state index in [2.05, 4.69) is 26.1 Å². The van der Waals surface area contributed by atoms with E-state index in [0.29, 0.717) is 11.8 Å². The molecule has 0 atom stereocenters. The Kier molecular flexibility index (Phi) is 2.49. The van der Waals surface area contributed by atoms with Gasteiger partial charge >= 0.3 is 0 Å². The third-order valence-corrected chi connectivity index (χ3v) is 3.02. The number of ether oxygens (including phenoxy) is 1. The van der Waals surface area contributed by atoms with E-state index in [4.69, 9.17) is 4.74 Å². The fraction of sp³-hybridized carbons (Fsp3) is 0.556. The molecule has 0 aliphatic heterocycles. The maximum absolute atomic E-state index is 5.01. The third-order valence-electron chi connectivity index (χ3n) is 2.45. The molecule has 1 saturated carbocycles. The summed E-state index contributed by atoms with van der Waals surface area (Å²) >= 11 is 3.40. The average molecular weight is 243 g/mol. The van der Waals surface area contributed by atoms with Crippen molar-refractivity contribution >= 4 is 15.9 Å². The van der Waals surface area contributed by atoms with Gasteiger partial charge in [0, 0.05) is 5.92 Å². The summed E-state index contributed by atoms with van der Waals surface area (Å²) in [5, 5.41) is 8.11. The van der Waals surface area contributed by atoms with Crippen LogP contribution in [0.4, 0.5) is 0 Å². The van der Waals surface area contributed by atoms with Crippen LogP contribution in [-0.4, -0.2) is 17.3 Å². The first-order valence-electron chi connectivity index (χ1n) is 4.38. The van der Waals surface area contributed by atoms with Gasteiger partial charge in [0.25, 0.3) is 0 Å². The van der Waals surface area contributed by atoms with Crippen LogP contribution < -0.4 is 4.74 Å². The van der Waals surface area contributed by atoms with E-state index in [1.165, 1.54) is 19.3 Å². The predicted octanol–water partition coefficient (Wildman–Crippen LogP) is 2.52. The smallest absolute Gasteiger partial charge is 0.247 e. The van der Waals surface area contributed by atoms with Crippen LogP contribution in [-0.2, 0) is 0 Å². The molecule has 1 heterocycles. The lowest BCUT2D eigenvalue weighted by molar-refractivity contribution is 0.377. The highest BCUT2D eigenvalue weighted by atomic mass is 79.9. The maximum atomic E-state index is 5.01. The average Bonchev–Trinajstić information content (AvgIpc) is 2.01. The molecule has 70 valence electrons. The minimum Gasteiger partial charge on any atom is -0.479 e. The molecule has 3 nitrogen and oxygen atoms in total. The van der Waals surface area contributed by atoms with Gasteiger partial charge in [-0.25, -0.2) is 0 Å². The Morgan fingerprint density at radius 3 is 2.69 bits per heavy atom. The highest BCUT2D eigenvalue weighted by Gasteiger charge is 2.22. The molecule has 4 heteroatoms. The molecule has 0 saturated heterocycles. The van der Waals surface area contributed by atoms with E-state index in [9.17, 15) is 0 Å². The van der Waals surface area contributed by atoms with Gasteiger partial charge in [0.15, 0.2) is 0 Å². The quantitative estimate of drug-likeness (QED) is 0.800.